The molecule has 1 N–H and O–H groups in total. The first-order valence-corrected chi connectivity index (χ1v) is 3.72. The zero-order chi connectivity index (χ0) is 8.53. The third kappa shape index (κ3) is 7.06. The van der Waals surface area contributed by atoms with E-state index in [1.165, 1.54) is 0 Å². The van der Waals surface area contributed by atoms with Gasteiger partial charge in [0, 0.05) is 0 Å². The molecule has 0 aromatic carbocycles. The maximum Gasteiger partial charge on any atom is 0.319 e. The fourth-order valence-electron chi connectivity index (χ4n) is 0.609. The Hall–Kier alpha value is -0.830. The zero-order valence-corrected chi connectivity index (χ0v) is 6.93. The van der Waals surface area contributed by atoms with Crippen LogP contribution in [0.1, 0.15) is 12.8 Å². The van der Waals surface area contributed by atoms with Crippen molar-refractivity contribution >= 4 is 5.97 Å². The lowest BCUT2D eigenvalue weighted by molar-refractivity contribution is -0.142. The Bertz CT molecular complexity index is 123. The van der Waals surface area contributed by atoms with Crippen molar-refractivity contribution in [1.82, 2.24) is 5.32 Å². The zero-order valence-electron chi connectivity index (χ0n) is 6.93. The smallest absolute Gasteiger partial charge is 0.319 e. The van der Waals surface area contributed by atoms with Gasteiger partial charge in [0.15, 0.2) is 0 Å². The van der Waals surface area contributed by atoms with Crippen LogP contribution < -0.4 is 5.32 Å². The van der Waals surface area contributed by atoms with Crippen molar-refractivity contribution in [2.75, 3.05) is 20.2 Å². The molecule has 0 fully saturated rings. The fourth-order valence-corrected chi connectivity index (χ4v) is 0.609. The van der Waals surface area contributed by atoms with E-state index in [1.807, 2.05) is 6.08 Å². The van der Waals surface area contributed by atoms with Crippen LogP contribution in [0, 0.1) is 0 Å². The molecule has 11 heavy (non-hydrogen) atoms. The molecule has 0 atom stereocenters. The van der Waals surface area contributed by atoms with E-state index in [0.29, 0.717) is 6.61 Å². The minimum Gasteiger partial charge on any atom is -0.465 e. The molecule has 0 aromatic rings. The molecule has 0 saturated heterocycles. The Morgan fingerprint density at radius 2 is 2.45 bits per heavy atom. The first-order valence-electron chi connectivity index (χ1n) is 3.72. The van der Waals surface area contributed by atoms with Crippen LogP contribution in [0.2, 0.25) is 0 Å². The first-order chi connectivity index (χ1) is 5.31. The average molecular weight is 157 g/mol. The van der Waals surface area contributed by atoms with Gasteiger partial charge in [-0.05, 0) is 19.9 Å². The highest BCUT2D eigenvalue weighted by atomic mass is 16.5. The maximum atomic E-state index is 10.7. The van der Waals surface area contributed by atoms with Crippen LogP contribution in [0.25, 0.3) is 0 Å². The second-order valence-corrected chi connectivity index (χ2v) is 2.18. The second kappa shape index (κ2) is 7.28. The number of likely N-dealkylation sites (N-methyl/N-ethyl adjacent to an activating group) is 1. The third-order valence-corrected chi connectivity index (χ3v) is 1.14. The average Bonchev–Trinajstić information content (AvgIpc) is 1.99. The highest BCUT2D eigenvalue weighted by Gasteiger charge is 1.97. The largest absolute Gasteiger partial charge is 0.465 e. The lowest BCUT2D eigenvalue weighted by atomic mass is 10.3. The molecule has 0 heterocycles. The van der Waals surface area contributed by atoms with Crippen molar-refractivity contribution in [3.05, 3.63) is 12.7 Å². The molecular weight excluding hydrogens is 142 g/mol. The number of carbonyl (C=O) groups excluding carboxylic acids is 1. The molecular formula is C8H15NO2. The summed E-state index contributed by atoms with van der Waals surface area (Å²) in [5, 5.41) is 2.71. The number of hydrogen-bond donors (Lipinski definition) is 1. The third-order valence-electron chi connectivity index (χ3n) is 1.14. The molecule has 0 spiro atoms. The number of nitrogens with one attached hydrogen (secondary N) is 1. The summed E-state index contributed by atoms with van der Waals surface area (Å²) in [7, 11) is 1.71. The molecule has 0 aliphatic heterocycles. The molecule has 0 aromatic heterocycles. The quantitative estimate of drug-likeness (QED) is 0.350. The Kier molecular flexibility index (Phi) is 6.73. The lowest BCUT2D eigenvalue weighted by Crippen LogP contribution is -2.21. The number of carbonyl (C=O) groups is 1. The number of esters is 1. The van der Waals surface area contributed by atoms with Gasteiger partial charge in [-0.3, -0.25) is 4.79 Å². The molecule has 3 nitrogen and oxygen atoms in total. The van der Waals surface area contributed by atoms with Crippen molar-refractivity contribution in [1.29, 1.82) is 0 Å². The number of hydrogen-bond acceptors (Lipinski definition) is 3. The molecule has 64 valence electrons. The fraction of sp³-hybridized carbons (Fsp3) is 0.625. The summed E-state index contributed by atoms with van der Waals surface area (Å²) >= 11 is 0. The predicted molar refractivity (Wildman–Crippen MR) is 44.3 cm³/mol. The van der Waals surface area contributed by atoms with Gasteiger partial charge in [0.1, 0.15) is 0 Å². The minimum atomic E-state index is -0.198. The Labute approximate surface area is 67.4 Å². The van der Waals surface area contributed by atoms with E-state index in [4.69, 9.17) is 4.74 Å². The first kappa shape index (κ1) is 10.2. The number of unbranched alkanes of at least 4 members (excludes halogenated alkanes) is 1. The Balaban J connectivity index is 3.10. The van der Waals surface area contributed by atoms with Crippen molar-refractivity contribution < 1.29 is 9.53 Å². The van der Waals surface area contributed by atoms with E-state index in [-0.39, 0.29) is 12.5 Å². The molecule has 0 amide bonds. The van der Waals surface area contributed by atoms with Crippen LogP contribution in [-0.4, -0.2) is 26.2 Å². The van der Waals surface area contributed by atoms with E-state index in [2.05, 4.69) is 11.9 Å². The van der Waals surface area contributed by atoms with Gasteiger partial charge in [-0.1, -0.05) is 6.08 Å². The van der Waals surface area contributed by atoms with E-state index in [0.717, 1.165) is 12.8 Å². The topological polar surface area (TPSA) is 38.3 Å². The minimum absolute atomic E-state index is 0.198. The van der Waals surface area contributed by atoms with E-state index < -0.39 is 0 Å². The number of allylic oxidation sites excluding steroid dienone is 1. The van der Waals surface area contributed by atoms with E-state index in [9.17, 15) is 4.79 Å². The van der Waals surface area contributed by atoms with Gasteiger partial charge >= 0.3 is 5.97 Å². The van der Waals surface area contributed by atoms with Crippen LogP contribution in [0.15, 0.2) is 12.7 Å². The molecule has 0 aliphatic rings. The van der Waals surface area contributed by atoms with Crippen molar-refractivity contribution in [3.63, 3.8) is 0 Å². The van der Waals surface area contributed by atoms with Gasteiger partial charge in [0.05, 0.1) is 13.2 Å². The molecule has 0 aliphatic carbocycles. The Morgan fingerprint density at radius 3 is 3.00 bits per heavy atom. The SMILES string of the molecule is C=CCCCOC(=O)CNC. The number of rotatable bonds is 6. The Morgan fingerprint density at radius 1 is 1.73 bits per heavy atom. The molecule has 0 saturated carbocycles. The van der Waals surface area contributed by atoms with Gasteiger partial charge < -0.3 is 10.1 Å². The molecule has 0 bridgehead atoms. The van der Waals surface area contributed by atoms with Gasteiger partial charge in [0.2, 0.25) is 0 Å². The van der Waals surface area contributed by atoms with Crippen LogP contribution in [-0.2, 0) is 9.53 Å². The van der Waals surface area contributed by atoms with Gasteiger partial charge in [-0.25, -0.2) is 0 Å². The van der Waals surface area contributed by atoms with Crippen molar-refractivity contribution in [2.24, 2.45) is 0 Å². The molecule has 0 rings (SSSR count). The monoisotopic (exact) mass is 157 g/mol. The molecule has 3 heteroatoms. The molecule has 0 radical (unpaired) electrons. The normalized spacial score (nSPS) is 9.18. The summed E-state index contributed by atoms with van der Waals surface area (Å²) in [6.45, 7) is 4.34. The predicted octanol–water partition coefficient (Wildman–Crippen LogP) is 0.715. The van der Waals surface area contributed by atoms with Crippen molar-refractivity contribution in [3.8, 4) is 0 Å². The summed E-state index contributed by atoms with van der Waals surface area (Å²) < 4.78 is 4.84. The van der Waals surface area contributed by atoms with Crippen LogP contribution in [0.5, 0.6) is 0 Å². The van der Waals surface area contributed by atoms with Crippen molar-refractivity contribution in [2.45, 2.75) is 12.8 Å². The van der Waals surface area contributed by atoms with Crippen LogP contribution in [0.4, 0.5) is 0 Å². The summed E-state index contributed by atoms with van der Waals surface area (Å²) in [5.74, 6) is -0.198. The van der Waals surface area contributed by atoms with Gasteiger partial charge in [-0.15, -0.1) is 6.58 Å². The lowest BCUT2D eigenvalue weighted by Gasteiger charge is -2.01. The summed E-state index contributed by atoms with van der Waals surface area (Å²) in [5.41, 5.74) is 0. The van der Waals surface area contributed by atoms with E-state index in [1.54, 1.807) is 7.05 Å². The summed E-state index contributed by atoms with van der Waals surface area (Å²) in [4.78, 5) is 10.7. The number of ether oxygens (including phenoxy) is 1. The molecule has 0 unspecified atom stereocenters. The van der Waals surface area contributed by atoms with Crippen LogP contribution >= 0.6 is 0 Å². The maximum absolute atomic E-state index is 10.7. The standard InChI is InChI=1S/C8H15NO2/c1-3-4-5-6-11-8(10)7-9-2/h3,9H,1,4-7H2,2H3. The van der Waals surface area contributed by atoms with Gasteiger partial charge in [0.25, 0.3) is 0 Å². The van der Waals surface area contributed by atoms with E-state index >= 15 is 0 Å². The van der Waals surface area contributed by atoms with Gasteiger partial charge in [-0.2, -0.15) is 0 Å². The highest BCUT2D eigenvalue weighted by Crippen LogP contribution is 1.89. The highest BCUT2D eigenvalue weighted by molar-refractivity contribution is 5.71. The summed E-state index contributed by atoms with van der Waals surface area (Å²) in [6.07, 6.45) is 3.57. The second-order valence-electron chi connectivity index (χ2n) is 2.18. The van der Waals surface area contributed by atoms with Crippen LogP contribution in [0.3, 0.4) is 0 Å². The summed E-state index contributed by atoms with van der Waals surface area (Å²) in [6, 6.07) is 0.